The summed E-state index contributed by atoms with van der Waals surface area (Å²) in [6.45, 7) is 5.96. The van der Waals surface area contributed by atoms with Gasteiger partial charge in [0.1, 0.15) is 0 Å². The van der Waals surface area contributed by atoms with Crippen LogP contribution in [0.1, 0.15) is 90.9 Å². The summed E-state index contributed by atoms with van der Waals surface area (Å²) in [5.41, 5.74) is 0. The van der Waals surface area contributed by atoms with Gasteiger partial charge < -0.3 is 5.32 Å². The van der Waals surface area contributed by atoms with Gasteiger partial charge in [-0.3, -0.25) is 0 Å². The summed E-state index contributed by atoms with van der Waals surface area (Å²) in [7, 11) is 0. The van der Waals surface area contributed by atoms with Crippen molar-refractivity contribution in [3.05, 3.63) is 0 Å². The second-order valence-corrected chi connectivity index (χ2v) is 6.39. The van der Waals surface area contributed by atoms with E-state index < -0.39 is 0 Å². The second-order valence-electron chi connectivity index (χ2n) is 6.39. The summed E-state index contributed by atoms with van der Waals surface area (Å²) in [6, 6.07) is 0.829. The maximum atomic E-state index is 3.78. The Balaban J connectivity index is 1.88. The van der Waals surface area contributed by atoms with Gasteiger partial charge in [0.25, 0.3) is 0 Å². The number of rotatable bonds is 9. The first-order valence-corrected chi connectivity index (χ1v) is 8.56. The predicted octanol–water partition coefficient (Wildman–Crippen LogP) is 5.30. The predicted molar refractivity (Wildman–Crippen MR) is 82.0 cm³/mol. The molecule has 108 valence electrons. The van der Waals surface area contributed by atoms with Crippen LogP contribution >= 0.6 is 0 Å². The molecule has 1 rings (SSSR count). The van der Waals surface area contributed by atoms with Crippen LogP contribution in [0, 0.1) is 5.92 Å². The van der Waals surface area contributed by atoms with Gasteiger partial charge in [0.05, 0.1) is 0 Å². The molecule has 0 amide bonds. The van der Waals surface area contributed by atoms with Crippen molar-refractivity contribution in [2.75, 3.05) is 6.54 Å². The smallest absolute Gasteiger partial charge is 0.00671 e. The van der Waals surface area contributed by atoms with E-state index >= 15 is 0 Å². The minimum Gasteiger partial charge on any atom is -0.314 e. The van der Waals surface area contributed by atoms with E-state index in [9.17, 15) is 0 Å². The monoisotopic (exact) mass is 253 g/mol. The summed E-state index contributed by atoms with van der Waals surface area (Å²) in [5.74, 6) is 0.968. The fraction of sp³-hybridized carbons (Fsp3) is 1.00. The van der Waals surface area contributed by atoms with Crippen LogP contribution in [-0.2, 0) is 0 Å². The van der Waals surface area contributed by atoms with Crippen molar-refractivity contribution in [1.29, 1.82) is 0 Å². The van der Waals surface area contributed by atoms with Crippen LogP contribution in [0.25, 0.3) is 0 Å². The molecule has 18 heavy (non-hydrogen) atoms. The Kier molecular flexibility index (Phi) is 9.65. The minimum absolute atomic E-state index is 0.829. The summed E-state index contributed by atoms with van der Waals surface area (Å²) >= 11 is 0. The van der Waals surface area contributed by atoms with Gasteiger partial charge >= 0.3 is 0 Å². The maximum absolute atomic E-state index is 3.78. The quantitative estimate of drug-likeness (QED) is 0.434. The molecule has 0 saturated heterocycles. The van der Waals surface area contributed by atoms with Crippen LogP contribution in [0.3, 0.4) is 0 Å². The van der Waals surface area contributed by atoms with E-state index in [0.717, 1.165) is 12.0 Å². The van der Waals surface area contributed by atoms with Gasteiger partial charge in [-0.05, 0) is 38.1 Å². The van der Waals surface area contributed by atoms with Crippen molar-refractivity contribution >= 4 is 0 Å². The van der Waals surface area contributed by atoms with Gasteiger partial charge in [0.15, 0.2) is 0 Å². The van der Waals surface area contributed by atoms with Gasteiger partial charge in [0, 0.05) is 6.04 Å². The first-order chi connectivity index (χ1) is 8.83. The van der Waals surface area contributed by atoms with Gasteiger partial charge in [-0.2, -0.15) is 0 Å². The van der Waals surface area contributed by atoms with E-state index in [4.69, 9.17) is 0 Å². The number of unbranched alkanes of at least 4 members (excludes halogenated alkanes) is 6. The molecule has 0 heterocycles. The molecule has 1 saturated carbocycles. The highest BCUT2D eigenvalue weighted by atomic mass is 14.9. The molecule has 0 radical (unpaired) electrons. The molecule has 1 aliphatic carbocycles. The molecule has 0 bridgehead atoms. The second kappa shape index (κ2) is 10.8. The van der Waals surface area contributed by atoms with Crippen LogP contribution < -0.4 is 5.32 Å². The SMILES string of the molecule is CCCCCCCCCNC1CCCC(C)CC1. The molecule has 0 aromatic heterocycles. The molecular weight excluding hydrogens is 218 g/mol. The van der Waals surface area contributed by atoms with E-state index in [1.165, 1.54) is 83.6 Å². The van der Waals surface area contributed by atoms with E-state index in [1.54, 1.807) is 0 Å². The van der Waals surface area contributed by atoms with E-state index in [2.05, 4.69) is 19.2 Å². The molecular formula is C17H35N. The lowest BCUT2D eigenvalue weighted by molar-refractivity contribution is 0.438. The topological polar surface area (TPSA) is 12.0 Å². The molecule has 1 N–H and O–H groups in total. The zero-order valence-electron chi connectivity index (χ0n) is 12.8. The molecule has 0 aromatic rings. The molecule has 0 aromatic carbocycles. The van der Waals surface area contributed by atoms with Gasteiger partial charge in [0.2, 0.25) is 0 Å². The molecule has 0 spiro atoms. The Labute approximate surface area is 115 Å². The lowest BCUT2D eigenvalue weighted by atomic mass is 10.0. The van der Waals surface area contributed by atoms with Crippen LogP contribution in [0.4, 0.5) is 0 Å². The highest BCUT2D eigenvalue weighted by Gasteiger charge is 2.14. The third kappa shape index (κ3) is 8.13. The highest BCUT2D eigenvalue weighted by molar-refractivity contribution is 4.73. The van der Waals surface area contributed by atoms with Crippen LogP contribution in [0.5, 0.6) is 0 Å². The summed E-state index contributed by atoms with van der Waals surface area (Å²) in [4.78, 5) is 0. The average Bonchev–Trinajstić information content (AvgIpc) is 2.58. The van der Waals surface area contributed by atoms with Crippen molar-refractivity contribution < 1.29 is 0 Å². The summed E-state index contributed by atoms with van der Waals surface area (Å²) in [5, 5.41) is 3.78. The Bertz CT molecular complexity index is 178. The standard InChI is InChI=1S/C17H35N/c1-3-4-5-6-7-8-9-15-18-17-12-10-11-16(2)13-14-17/h16-18H,3-15H2,1-2H3. The Hall–Kier alpha value is -0.0400. The van der Waals surface area contributed by atoms with Crippen LogP contribution in [-0.4, -0.2) is 12.6 Å². The fourth-order valence-electron chi connectivity index (χ4n) is 3.08. The van der Waals surface area contributed by atoms with E-state index in [-0.39, 0.29) is 0 Å². The first kappa shape index (κ1) is 16.0. The molecule has 0 aliphatic heterocycles. The van der Waals surface area contributed by atoms with E-state index in [1.807, 2.05) is 0 Å². The van der Waals surface area contributed by atoms with Crippen LogP contribution in [0.2, 0.25) is 0 Å². The molecule has 1 fully saturated rings. The van der Waals surface area contributed by atoms with Crippen molar-refractivity contribution in [3.63, 3.8) is 0 Å². The third-order valence-corrected chi connectivity index (χ3v) is 4.47. The summed E-state index contributed by atoms with van der Waals surface area (Å²) in [6.07, 6.45) is 17.1. The largest absolute Gasteiger partial charge is 0.314 e. The third-order valence-electron chi connectivity index (χ3n) is 4.47. The molecule has 2 unspecified atom stereocenters. The average molecular weight is 253 g/mol. The Morgan fingerprint density at radius 2 is 1.56 bits per heavy atom. The van der Waals surface area contributed by atoms with Crippen molar-refractivity contribution in [1.82, 2.24) is 5.32 Å². The maximum Gasteiger partial charge on any atom is 0.00671 e. The first-order valence-electron chi connectivity index (χ1n) is 8.56. The Morgan fingerprint density at radius 1 is 0.833 bits per heavy atom. The normalized spacial score (nSPS) is 25.0. The van der Waals surface area contributed by atoms with Crippen molar-refractivity contribution in [2.45, 2.75) is 96.9 Å². The van der Waals surface area contributed by atoms with Gasteiger partial charge in [-0.25, -0.2) is 0 Å². The minimum atomic E-state index is 0.829. The van der Waals surface area contributed by atoms with Gasteiger partial charge in [-0.1, -0.05) is 65.2 Å². The number of hydrogen-bond donors (Lipinski definition) is 1. The zero-order valence-corrected chi connectivity index (χ0v) is 12.8. The fourth-order valence-corrected chi connectivity index (χ4v) is 3.08. The lowest BCUT2D eigenvalue weighted by Gasteiger charge is -2.16. The summed E-state index contributed by atoms with van der Waals surface area (Å²) < 4.78 is 0. The number of nitrogens with one attached hydrogen (secondary N) is 1. The Morgan fingerprint density at radius 3 is 2.33 bits per heavy atom. The van der Waals surface area contributed by atoms with Crippen LogP contribution in [0.15, 0.2) is 0 Å². The zero-order chi connectivity index (χ0) is 13.1. The van der Waals surface area contributed by atoms with Gasteiger partial charge in [-0.15, -0.1) is 0 Å². The molecule has 1 heteroatoms. The lowest BCUT2D eigenvalue weighted by Crippen LogP contribution is -2.29. The van der Waals surface area contributed by atoms with E-state index in [0.29, 0.717) is 0 Å². The van der Waals surface area contributed by atoms with Crippen molar-refractivity contribution in [2.24, 2.45) is 5.92 Å². The molecule has 1 aliphatic rings. The highest BCUT2D eigenvalue weighted by Crippen LogP contribution is 2.22. The number of hydrogen-bond acceptors (Lipinski definition) is 1. The molecule has 2 atom stereocenters. The molecule has 1 nitrogen and oxygen atoms in total. The van der Waals surface area contributed by atoms with Crippen molar-refractivity contribution in [3.8, 4) is 0 Å².